The predicted octanol–water partition coefficient (Wildman–Crippen LogP) is 3.15. The second-order valence-electron chi connectivity index (χ2n) is 9.40. The van der Waals surface area contributed by atoms with Crippen LogP contribution >= 0.6 is 0 Å². The fraction of sp³-hybridized carbons (Fsp3) is 0.480. The number of fused-ring (bicyclic) bond motifs is 1. The number of allylic oxidation sites excluding steroid dienone is 2. The first-order chi connectivity index (χ1) is 15.8. The van der Waals surface area contributed by atoms with Gasteiger partial charge in [0.05, 0.1) is 23.6 Å². The zero-order valence-corrected chi connectivity index (χ0v) is 19.6. The van der Waals surface area contributed by atoms with Crippen molar-refractivity contribution in [3.63, 3.8) is 0 Å². The molecule has 2 aromatic rings. The van der Waals surface area contributed by atoms with E-state index in [-0.39, 0.29) is 41.5 Å². The minimum absolute atomic E-state index is 0.158. The summed E-state index contributed by atoms with van der Waals surface area (Å²) in [6, 6.07) is 6.75. The number of likely N-dealkylation sites (tertiary alicyclic amines) is 1. The Morgan fingerprint density at radius 2 is 1.67 bits per heavy atom. The molecule has 4 atom stereocenters. The Balaban J connectivity index is 1.55. The highest BCUT2D eigenvalue weighted by atomic mass is 16.2. The molecule has 0 radical (unpaired) electrons. The van der Waals surface area contributed by atoms with Gasteiger partial charge in [0.2, 0.25) is 17.7 Å². The number of likely N-dealkylation sites (N-methyl/N-ethyl adjacent to an activating group) is 1. The summed E-state index contributed by atoms with van der Waals surface area (Å²) in [5.41, 5.74) is 1.83. The van der Waals surface area contributed by atoms with Crippen LogP contribution in [0.1, 0.15) is 51.6 Å². The lowest BCUT2D eigenvalue weighted by atomic mass is 9.85. The van der Waals surface area contributed by atoms with Gasteiger partial charge in [0.15, 0.2) is 0 Å². The first-order valence-corrected chi connectivity index (χ1v) is 11.5. The van der Waals surface area contributed by atoms with Crippen LogP contribution in [-0.2, 0) is 14.4 Å². The van der Waals surface area contributed by atoms with Crippen LogP contribution in [-0.4, -0.2) is 55.4 Å². The van der Waals surface area contributed by atoms with Gasteiger partial charge in [-0.1, -0.05) is 38.1 Å². The molecule has 8 nitrogen and oxygen atoms in total. The number of rotatable bonds is 7. The van der Waals surface area contributed by atoms with E-state index in [1.54, 1.807) is 23.0 Å². The van der Waals surface area contributed by atoms with E-state index in [9.17, 15) is 14.4 Å². The Labute approximate surface area is 194 Å². The summed E-state index contributed by atoms with van der Waals surface area (Å²) in [5, 5.41) is 4.13. The van der Waals surface area contributed by atoms with Crippen molar-refractivity contribution in [2.75, 3.05) is 7.05 Å². The van der Waals surface area contributed by atoms with Gasteiger partial charge in [0.25, 0.3) is 0 Å². The number of hydrogen-bond acceptors (Lipinski definition) is 5. The Morgan fingerprint density at radius 1 is 1.06 bits per heavy atom. The molecule has 1 fully saturated rings. The molecular formula is C25H31N5O3. The van der Waals surface area contributed by atoms with E-state index in [1.165, 1.54) is 11.2 Å². The topological polar surface area (TPSA) is 88.4 Å². The monoisotopic (exact) mass is 449 g/mol. The average Bonchev–Trinajstić information content (AvgIpc) is 3.44. The van der Waals surface area contributed by atoms with Crippen LogP contribution in [0.25, 0.3) is 5.69 Å². The van der Waals surface area contributed by atoms with E-state index >= 15 is 0 Å². The van der Waals surface area contributed by atoms with E-state index in [1.807, 2.05) is 57.2 Å². The van der Waals surface area contributed by atoms with Gasteiger partial charge in [-0.25, -0.2) is 9.67 Å². The van der Waals surface area contributed by atoms with Gasteiger partial charge in [0.1, 0.15) is 18.7 Å². The molecule has 0 bridgehead atoms. The maximum atomic E-state index is 13.7. The lowest BCUT2D eigenvalue weighted by Crippen LogP contribution is -2.51. The highest BCUT2D eigenvalue weighted by Gasteiger charge is 2.51. The van der Waals surface area contributed by atoms with E-state index in [0.717, 1.165) is 11.3 Å². The van der Waals surface area contributed by atoms with E-state index in [2.05, 4.69) is 10.1 Å². The second-order valence-corrected chi connectivity index (χ2v) is 9.40. The summed E-state index contributed by atoms with van der Waals surface area (Å²) in [4.78, 5) is 46.9. The number of imide groups is 1. The molecule has 1 aromatic heterocycles. The van der Waals surface area contributed by atoms with Crippen molar-refractivity contribution in [1.82, 2.24) is 24.6 Å². The average molecular weight is 450 g/mol. The van der Waals surface area contributed by atoms with E-state index in [0.29, 0.717) is 19.3 Å². The van der Waals surface area contributed by atoms with Crippen LogP contribution in [0, 0.1) is 17.8 Å². The lowest BCUT2D eigenvalue weighted by molar-refractivity contribution is -0.152. The molecule has 0 spiro atoms. The van der Waals surface area contributed by atoms with Crippen LogP contribution in [0.15, 0.2) is 49.1 Å². The minimum atomic E-state index is -0.780. The summed E-state index contributed by atoms with van der Waals surface area (Å²) < 4.78 is 1.67. The number of hydrogen-bond donors (Lipinski definition) is 0. The molecule has 1 aliphatic heterocycles. The number of amides is 3. The summed E-state index contributed by atoms with van der Waals surface area (Å²) in [5.74, 6) is -1.12. The standard InChI is InChI=1S/C25H31N5O3/c1-16(2)13-22(30-23(31)20-7-5-6-8-21(20)24(30)32)25(33)28(4)17(3)18-9-11-19(12-10-18)29-15-26-14-27-29/h5-6,9-12,14-17,20-22H,7-8,13H2,1-4H3. The first-order valence-electron chi connectivity index (χ1n) is 11.5. The highest BCUT2D eigenvalue weighted by Crippen LogP contribution is 2.37. The van der Waals surface area contributed by atoms with Gasteiger partial charge in [-0.2, -0.15) is 5.10 Å². The van der Waals surface area contributed by atoms with Gasteiger partial charge in [0, 0.05) is 7.05 Å². The third-order valence-electron chi connectivity index (χ3n) is 6.82. The minimum Gasteiger partial charge on any atom is -0.337 e. The molecule has 0 saturated carbocycles. The summed E-state index contributed by atoms with van der Waals surface area (Å²) in [6.45, 7) is 5.96. The molecule has 1 aromatic carbocycles. The zero-order chi connectivity index (χ0) is 23.7. The van der Waals surface area contributed by atoms with Gasteiger partial charge in [-0.05, 0) is 49.8 Å². The fourth-order valence-electron chi connectivity index (χ4n) is 4.79. The van der Waals surface area contributed by atoms with Crippen LogP contribution < -0.4 is 0 Å². The second kappa shape index (κ2) is 9.29. The summed E-state index contributed by atoms with van der Waals surface area (Å²) >= 11 is 0. The smallest absolute Gasteiger partial charge is 0.246 e. The molecule has 1 saturated heterocycles. The van der Waals surface area contributed by atoms with Gasteiger partial charge >= 0.3 is 0 Å². The van der Waals surface area contributed by atoms with Crippen LogP contribution in [0.4, 0.5) is 0 Å². The number of benzene rings is 1. The molecule has 3 amide bonds. The Kier molecular flexibility index (Phi) is 6.44. The molecule has 1 aliphatic carbocycles. The first kappa shape index (κ1) is 22.9. The summed E-state index contributed by atoms with van der Waals surface area (Å²) in [7, 11) is 1.74. The maximum absolute atomic E-state index is 13.7. The zero-order valence-electron chi connectivity index (χ0n) is 19.6. The highest BCUT2D eigenvalue weighted by molar-refractivity contribution is 6.08. The van der Waals surface area contributed by atoms with Crippen molar-refractivity contribution < 1.29 is 14.4 Å². The van der Waals surface area contributed by atoms with Crippen LogP contribution in [0.3, 0.4) is 0 Å². The molecular weight excluding hydrogens is 418 g/mol. The Hall–Kier alpha value is -3.29. The van der Waals surface area contributed by atoms with Gasteiger partial charge < -0.3 is 4.90 Å². The Bertz CT molecular complexity index is 1020. The number of nitrogens with zero attached hydrogens (tertiary/aromatic N) is 5. The van der Waals surface area contributed by atoms with Crippen molar-refractivity contribution in [2.45, 2.75) is 52.1 Å². The predicted molar refractivity (Wildman–Crippen MR) is 123 cm³/mol. The molecule has 4 unspecified atom stereocenters. The van der Waals surface area contributed by atoms with Crippen molar-refractivity contribution in [3.8, 4) is 5.69 Å². The van der Waals surface area contributed by atoms with Crippen molar-refractivity contribution in [3.05, 3.63) is 54.6 Å². The number of aromatic nitrogens is 3. The SMILES string of the molecule is CC(C)CC(C(=O)N(C)C(C)c1ccc(-n2cncn2)cc1)N1C(=O)C2CC=CCC2C1=O. The van der Waals surface area contributed by atoms with Gasteiger partial charge in [-0.3, -0.25) is 19.3 Å². The van der Waals surface area contributed by atoms with Crippen LogP contribution in [0.2, 0.25) is 0 Å². The van der Waals surface area contributed by atoms with Crippen LogP contribution in [0.5, 0.6) is 0 Å². The quantitative estimate of drug-likeness (QED) is 0.479. The normalized spacial score (nSPS) is 21.9. The molecule has 2 heterocycles. The van der Waals surface area contributed by atoms with Crippen molar-refractivity contribution in [2.24, 2.45) is 17.8 Å². The molecule has 2 aliphatic rings. The van der Waals surface area contributed by atoms with Crippen molar-refractivity contribution >= 4 is 17.7 Å². The molecule has 4 rings (SSSR count). The molecule has 8 heteroatoms. The number of carbonyl (C=O) groups is 3. The van der Waals surface area contributed by atoms with E-state index in [4.69, 9.17) is 0 Å². The number of carbonyl (C=O) groups excluding carboxylic acids is 3. The van der Waals surface area contributed by atoms with Crippen molar-refractivity contribution in [1.29, 1.82) is 0 Å². The third-order valence-corrected chi connectivity index (χ3v) is 6.82. The molecule has 0 N–H and O–H groups in total. The molecule has 174 valence electrons. The third kappa shape index (κ3) is 4.34. The Morgan fingerprint density at radius 3 is 2.18 bits per heavy atom. The summed E-state index contributed by atoms with van der Waals surface area (Å²) in [6.07, 6.45) is 8.62. The van der Waals surface area contributed by atoms with E-state index < -0.39 is 6.04 Å². The van der Waals surface area contributed by atoms with Gasteiger partial charge in [-0.15, -0.1) is 0 Å². The molecule has 33 heavy (non-hydrogen) atoms. The fourth-order valence-corrected chi connectivity index (χ4v) is 4.79. The largest absolute Gasteiger partial charge is 0.337 e. The lowest BCUT2D eigenvalue weighted by Gasteiger charge is -2.34. The maximum Gasteiger partial charge on any atom is 0.246 e.